The first-order chi connectivity index (χ1) is 12.4. The van der Waals surface area contributed by atoms with E-state index in [4.69, 9.17) is 21.1 Å². The van der Waals surface area contributed by atoms with E-state index in [0.717, 1.165) is 0 Å². The highest BCUT2D eigenvalue weighted by Crippen LogP contribution is 2.23. The highest BCUT2D eigenvalue weighted by Gasteiger charge is 2.23. The fourth-order valence-corrected chi connectivity index (χ4v) is 2.19. The summed E-state index contributed by atoms with van der Waals surface area (Å²) in [4.78, 5) is 36.1. The Morgan fingerprint density at radius 2 is 1.77 bits per heavy atom. The lowest BCUT2D eigenvalue weighted by atomic mass is 10.2. The molecule has 0 heterocycles. The van der Waals surface area contributed by atoms with Gasteiger partial charge in [0.25, 0.3) is 5.91 Å². The maximum absolute atomic E-state index is 12.2. The smallest absolute Gasteiger partial charge is 0.342 e. The number of carbonyl (C=O) groups is 3. The first-order valence-corrected chi connectivity index (χ1v) is 8.00. The van der Waals surface area contributed by atoms with Gasteiger partial charge in [0, 0.05) is 10.7 Å². The number of nitrogens with one attached hydrogen (secondary N) is 2. The summed E-state index contributed by atoms with van der Waals surface area (Å²) in [7, 11) is 1.39. The molecular formula is C18H17ClN2O5. The zero-order valence-electron chi connectivity index (χ0n) is 14.1. The van der Waals surface area contributed by atoms with Gasteiger partial charge in [0.2, 0.25) is 0 Å². The Labute approximate surface area is 155 Å². The molecule has 1 atom stereocenters. The van der Waals surface area contributed by atoms with E-state index in [1.54, 1.807) is 36.4 Å². The zero-order chi connectivity index (χ0) is 19.1. The van der Waals surface area contributed by atoms with Crippen LogP contribution in [0.5, 0.6) is 5.75 Å². The molecule has 0 radical (unpaired) electrons. The Hall–Kier alpha value is -3.06. The summed E-state index contributed by atoms with van der Waals surface area (Å²) in [5.74, 6) is -1.31. The van der Waals surface area contributed by atoms with Crippen LogP contribution in [0.1, 0.15) is 17.3 Å². The molecule has 0 fully saturated rings. The number of anilines is 1. The Kier molecular flexibility index (Phi) is 6.57. The Morgan fingerprint density at radius 3 is 2.42 bits per heavy atom. The molecule has 2 aromatic carbocycles. The van der Waals surface area contributed by atoms with Crippen LogP contribution in [0.4, 0.5) is 10.5 Å². The van der Waals surface area contributed by atoms with Crippen molar-refractivity contribution in [3.05, 3.63) is 59.1 Å². The number of ether oxygens (including phenoxy) is 2. The van der Waals surface area contributed by atoms with Crippen LogP contribution in [0.15, 0.2) is 48.5 Å². The second-order valence-electron chi connectivity index (χ2n) is 5.20. The summed E-state index contributed by atoms with van der Waals surface area (Å²) in [5.41, 5.74) is 0.597. The predicted molar refractivity (Wildman–Crippen MR) is 96.5 cm³/mol. The van der Waals surface area contributed by atoms with Gasteiger partial charge in [-0.15, -0.1) is 0 Å². The van der Waals surface area contributed by atoms with Crippen LogP contribution in [-0.2, 0) is 9.53 Å². The molecule has 0 aliphatic heterocycles. The first-order valence-electron chi connectivity index (χ1n) is 7.62. The summed E-state index contributed by atoms with van der Waals surface area (Å²) in [6.45, 7) is 1.35. The van der Waals surface area contributed by atoms with E-state index in [-0.39, 0.29) is 11.3 Å². The van der Waals surface area contributed by atoms with Gasteiger partial charge in [-0.25, -0.2) is 9.59 Å². The number of hydrogen-bond donors (Lipinski definition) is 2. The second kappa shape index (κ2) is 8.87. The number of imide groups is 1. The van der Waals surface area contributed by atoms with Crippen molar-refractivity contribution in [1.82, 2.24) is 5.32 Å². The largest absolute Gasteiger partial charge is 0.496 e. The van der Waals surface area contributed by atoms with E-state index in [1.165, 1.54) is 26.2 Å². The molecule has 26 heavy (non-hydrogen) atoms. The van der Waals surface area contributed by atoms with Crippen molar-refractivity contribution in [2.45, 2.75) is 13.0 Å². The quantitative estimate of drug-likeness (QED) is 0.781. The molecule has 0 aliphatic rings. The lowest BCUT2D eigenvalue weighted by molar-refractivity contribution is -0.127. The van der Waals surface area contributed by atoms with E-state index in [9.17, 15) is 14.4 Å². The highest BCUT2D eigenvalue weighted by molar-refractivity contribution is 6.31. The molecule has 7 nitrogen and oxygen atoms in total. The Bertz CT molecular complexity index is 810. The van der Waals surface area contributed by atoms with E-state index >= 15 is 0 Å². The minimum atomic E-state index is -1.20. The van der Waals surface area contributed by atoms with E-state index < -0.39 is 24.0 Å². The number of halogens is 1. The van der Waals surface area contributed by atoms with Crippen LogP contribution in [0, 0.1) is 0 Å². The molecule has 2 rings (SSSR count). The number of methoxy groups -OCH3 is 1. The Morgan fingerprint density at radius 1 is 1.08 bits per heavy atom. The normalized spacial score (nSPS) is 11.2. The number of para-hydroxylation sites is 1. The van der Waals surface area contributed by atoms with Crippen molar-refractivity contribution in [1.29, 1.82) is 0 Å². The molecule has 2 aromatic rings. The van der Waals surface area contributed by atoms with Gasteiger partial charge >= 0.3 is 12.0 Å². The zero-order valence-corrected chi connectivity index (χ0v) is 14.9. The van der Waals surface area contributed by atoms with Crippen molar-refractivity contribution >= 4 is 35.2 Å². The number of urea groups is 1. The number of hydrogen-bond acceptors (Lipinski definition) is 5. The van der Waals surface area contributed by atoms with E-state index in [2.05, 4.69) is 10.6 Å². The van der Waals surface area contributed by atoms with Crippen molar-refractivity contribution in [2.24, 2.45) is 0 Å². The molecule has 0 saturated carbocycles. The van der Waals surface area contributed by atoms with Crippen LogP contribution in [-0.4, -0.2) is 31.1 Å². The van der Waals surface area contributed by atoms with Crippen LogP contribution < -0.4 is 15.4 Å². The van der Waals surface area contributed by atoms with Crippen molar-refractivity contribution < 1.29 is 23.9 Å². The highest BCUT2D eigenvalue weighted by atomic mass is 35.5. The topological polar surface area (TPSA) is 93.7 Å². The minimum absolute atomic E-state index is 0.0772. The molecule has 8 heteroatoms. The van der Waals surface area contributed by atoms with Gasteiger partial charge in [-0.2, -0.15) is 0 Å². The third kappa shape index (κ3) is 5.22. The van der Waals surface area contributed by atoms with Gasteiger partial charge in [-0.3, -0.25) is 10.1 Å². The van der Waals surface area contributed by atoms with Crippen molar-refractivity contribution in [2.75, 3.05) is 12.4 Å². The second-order valence-corrected chi connectivity index (χ2v) is 5.64. The fraction of sp³-hybridized carbons (Fsp3) is 0.167. The van der Waals surface area contributed by atoms with Gasteiger partial charge in [0.1, 0.15) is 11.3 Å². The average molecular weight is 377 g/mol. The van der Waals surface area contributed by atoms with Crippen LogP contribution in [0.2, 0.25) is 5.02 Å². The standard InChI is InChI=1S/C18H17ClN2O5/c1-11(16(22)21-18(24)20-13-6-4-3-5-7-13)26-17(23)14-10-12(19)8-9-15(14)25-2/h3-11H,1-2H3,(H2,20,21,22,24). The number of carbonyl (C=O) groups excluding carboxylic acids is 3. The average Bonchev–Trinajstić information content (AvgIpc) is 2.62. The molecule has 136 valence electrons. The number of benzene rings is 2. The third-order valence-corrected chi connectivity index (χ3v) is 3.54. The number of rotatable bonds is 5. The van der Waals surface area contributed by atoms with Crippen LogP contribution >= 0.6 is 11.6 Å². The van der Waals surface area contributed by atoms with Crippen LogP contribution in [0.3, 0.4) is 0 Å². The lowest BCUT2D eigenvalue weighted by Gasteiger charge is -2.14. The number of amides is 3. The first kappa shape index (κ1) is 19.3. The fourth-order valence-electron chi connectivity index (χ4n) is 2.01. The number of esters is 1. The summed E-state index contributed by atoms with van der Waals surface area (Å²) in [6.07, 6.45) is -1.20. The molecular weight excluding hydrogens is 360 g/mol. The van der Waals surface area contributed by atoms with E-state index in [0.29, 0.717) is 10.7 Å². The molecule has 2 N–H and O–H groups in total. The predicted octanol–water partition coefficient (Wildman–Crippen LogP) is 3.24. The molecule has 0 aliphatic carbocycles. The molecule has 3 amide bonds. The van der Waals surface area contributed by atoms with Crippen molar-refractivity contribution in [3.63, 3.8) is 0 Å². The van der Waals surface area contributed by atoms with Crippen molar-refractivity contribution in [3.8, 4) is 5.75 Å². The van der Waals surface area contributed by atoms with Gasteiger partial charge in [0.05, 0.1) is 7.11 Å². The summed E-state index contributed by atoms with van der Waals surface area (Å²) in [5, 5.41) is 4.91. The maximum Gasteiger partial charge on any atom is 0.342 e. The summed E-state index contributed by atoms with van der Waals surface area (Å²) < 4.78 is 10.1. The van der Waals surface area contributed by atoms with Gasteiger partial charge in [-0.1, -0.05) is 29.8 Å². The Balaban J connectivity index is 1.95. The van der Waals surface area contributed by atoms with Gasteiger partial charge < -0.3 is 14.8 Å². The molecule has 0 saturated heterocycles. The third-order valence-electron chi connectivity index (χ3n) is 3.30. The SMILES string of the molecule is COc1ccc(Cl)cc1C(=O)OC(C)C(=O)NC(=O)Nc1ccccc1. The van der Waals surface area contributed by atoms with Crippen LogP contribution in [0.25, 0.3) is 0 Å². The van der Waals surface area contributed by atoms with E-state index in [1.807, 2.05) is 0 Å². The molecule has 0 bridgehead atoms. The minimum Gasteiger partial charge on any atom is -0.496 e. The van der Waals surface area contributed by atoms with Gasteiger partial charge in [-0.05, 0) is 37.3 Å². The monoisotopic (exact) mass is 376 g/mol. The van der Waals surface area contributed by atoms with Gasteiger partial charge in [0.15, 0.2) is 6.10 Å². The molecule has 0 spiro atoms. The summed E-state index contributed by atoms with van der Waals surface area (Å²) >= 11 is 5.87. The maximum atomic E-state index is 12.2. The lowest BCUT2D eigenvalue weighted by Crippen LogP contribution is -2.41. The summed E-state index contributed by atoms with van der Waals surface area (Å²) in [6, 6.07) is 12.3. The molecule has 0 aromatic heterocycles. The molecule has 1 unspecified atom stereocenters.